The Morgan fingerprint density at radius 1 is 1.50 bits per heavy atom. The minimum atomic E-state index is -0.870. The van der Waals surface area contributed by atoms with E-state index in [2.05, 4.69) is 4.90 Å². The standard InChI is InChI=1S/C13H26N2O3/c1-13(14,12(16)18-3)7-5-9-15-8-4-6-11(10-15)17-2/h11H,4-10,14H2,1-3H3. The van der Waals surface area contributed by atoms with Gasteiger partial charge >= 0.3 is 5.97 Å². The molecule has 2 N–H and O–H groups in total. The van der Waals surface area contributed by atoms with Gasteiger partial charge in [-0.2, -0.15) is 0 Å². The number of likely N-dealkylation sites (tertiary alicyclic amines) is 1. The maximum atomic E-state index is 11.4. The quantitative estimate of drug-likeness (QED) is 0.713. The first kappa shape index (κ1) is 15.4. The second kappa shape index (κ2) is 7.07. The Balaban J connectivity index is 2.27. The number of piperidine rings is 1. The smallest absolute Gasteiger partial charge is 0.325 e. The lowest BCUT2D eigenvalue weighted by Gasteiger charge is -2.32. The molecular weight excluding hydrogens is 232 g/mol. The molecule has 0 aromatic carbocycles. The SMILES string of the molecule is COC(=O)C(C)(N)CCCN1CCCC(OC)C1. The van der Waals surface area contributed by atoms with E-state index in [1.807, 2.05) is 0 Å². The zero-order valence-electron chi connectivity index (χ0n) is 11.8. The van der Waals surface area contributed by atoms with Crippen molar-refractivity contribution in [2.75, 3.05) is 33.9 Å². The lowest BCUT2D eigenvalue weighted by molar-refractivity contribution is -0.146. The molecule has 1 rings (SSSR count). The Hall–Kier alpha value is -0.650. The average molecular weight is 258 g/mol. The summed E-state index contributed by atoms with van der Waals surface area (Å²) in [5.74, 6) is -0.337. The molecule has 5 heteroatoms. The van der Waals surface area contributed by atoms with Gasteiger partial charge in [-0.1, -0.05) is 0 Å². The van der Waals surface area contributed by atoms with E-state index in [0.717, 1.165) is 32.5 Å². The third-order valence-corrected chi connectivity index (χ3v) is 3.62. The molecule has 0 bridgehead atoms. The van der Waals surface area contributed by atoms with Crippen molar-refractivity contribution in [2.45, 2.75) is 44.2 Å². The maximum absolute atomic E-state index is 11.4. The average Bonchev–Trinajstić information content (AvgIpc) is 2.37. The van der Waals surface area contributed by atoms with Crippen molar-refractivity contribution < 1.29 is 14.3 Å². The fourth-order valence-corrected chi connectivity index (χ4v) is 2.41. The molecular formula is C13H26N2O3. The Morgan fingerprint density at radius 3 is 2.83 bits per heavy atom. The van der Waals surface area contributed by atoms with Gasteiger partial charge in [-0.05, 0) is 45.7 Å². The summed E-state index contributed by atoms with van der Waals surface area (Å²) < 4.78 is 10.1. The highest BCUT2D eigenvalue weighted by atomic mass is 16.5. The van der Waals surface area contributed by atoms with Crippen LogP contribution in [0.25, 0.3) is 0 Å². The van der Waals surface area contributed by atoms with Crippen molar-refractivity contribution >= 4 is 5.97 Å². The Bertz CT molecular complexity index is 269. The van der Waals surface area contributed by atoms with Crippen molar-refractivity contribution in [3.63, 3.8) is 0 Å². The summed E-state index contributed by atoms with van der Waals surface area (Å²) in [5.41, 5.74) is 5.05. The van der Waals surface area contributed by atoms with Crippen molar-refractivity contribution in [2.24, 2.45) is 5.73 Å². The second-order valence-corrected chi connectivity index (χ2v) is 5.31. The Kier molecular flexibility index (Phi) is 6.05. The summed E-state index contributed by atoms with van der Waals surface area (Å²) in [5, 5.41) is 0. The van der Waals surface area contributed by atoms with Gasteiger partial charge in [0.05, 0.1) is 13.2 Å². The molecule has 0 saturated carbocycles. The lowest BCUT2D eigenvalue weighted by atomic mass is 9.97. The van der Waals surface area contributed by atoms with E-state index in [-0.39, 0.29) is 5.97 Å². The van der Waals surface area contributed by atoms with E-state index in [4.69, 9.17) is 15.2 Å². The van der Waals surface area contributed by atoms with E-state index in [1.54, 1.807) is 14.0 Å². The van der Waals surface area contributed by atoms with Crippen LogP contribution in [0.5, 0.6) is 0 Å². The topological polar surface area (TPSA) is 64.8 Å². The van der Waals surface area contributed by atoms with Crippen LogP contribution in [0.4, 0.5) is 0 Å². The minimum Gasteiger partial charge on any atom is -0.468 e. The van der Waals surface area contributed by atoms with Gasteiger partial charge in [-0.15, -0.1) is 0 Å². The van der Waals surface area contributed by atoms with Gasteiger partial charge in [-0.25, -0.2) is 0 Å². The molecule has 0 aromatic heterocycles. The summed E-state index contributed by atoms with van der Waals surface area (Å²) in [7, 11) is 3.14. The predicted octanol–water partition coefficient (Wildman–Crippen LogP) is 0.768. The van der Waals surface area contributed by atoms with Crippen molar-refractivity contribution in [3.05, 3.63) is 0 Å². The van der Waals surface area contributed by atoms with Crippen LogP contribution >= 0.6 is 0 Å². The number of hydrogen-bond acceptors (Lipinski definition) is 5. The molecule has 0 spiro atoms. The fraction of sp³-hybridized carbons (Fsp3) is 0.923. The minimum absolute atomic E-state index is 0.337. The molecule has 0 aliphatic carbocycles. The molecule has 1 fully saturated rings. The molecule has 2 unspecified atom stereocenters. The summed E-state index contributed by atoms with van der Waals surface area (Å²) in [6.07, 6.45) is 4.22. The Labute approximate surface area is 110 Å². The van der Waals surface area contributed by atoms with Gasteiger partial charge in [-0.3, -0.25) is 4.79 Å². The van der Waals surface area contributed by atoms with Gasteiger partial charge < -0.3 is 20.1 Å². The molecule has 1 aliphatic rings. The maximum Gasteiger partial charge on any atom is 0.325 e. The first-order chi connectivity index (χ1) is 8.49. The summed E-state index contributed by atoms with van der Waals surface area (Å²) in [4.78, 5) is 13.8. The van der Waals surface area contributed by atoms with Gasteiger partial charge in [0.15, 0.2) is 0 Å². The third-order valence-electron chi connectivity index (χ3n) is 3.62. The molecule has 0 amide bonds. The monoisotopic (exact) mass is 258 g/mol. The molecule has 0 aromatic rings. The van der Waals surface area contributed by atoms with E-state index < -0.39 is 5.54 Å². The van der Waals surface area contributed by atoms with Crippen LogP contribution in [0.15, 0.2) is 0 Å². The van der Waals surface area contributed by atoms with E-state index >= 15 is 0 Å². The first-order valence-electron chi connectivity index (χ1n) is 6.62. The number of ether oxygens (including phenoxy) is 2. The number of nitrogens with zero attached hydrogens (tertiary/aromatic N) is 1. The van der Waals surface area contributed by atoms with Crippen molar-refractivity contribution in [1.29, 1.82) is 0 Å². The summed E-state index contributed by atoms with van der Waals surface area (Å²) >= 11 is 0. The predicted molar refractivity (Wildman–Crippen MR) is 70.3 cm³/mol. The molecule has 1 aliphatic heterocycles. The van der Waals surface area contributed by atoms with Crippen LogP contribution in [0.1, 0.15) is 32.6 Å². The normalized spacial score (nSPS) is 24.6. The van der Waals surface area contributed by atoms with Gasteiger partial charge in [0.25, 0.3) is 0 Å². The van der Waals surface area contributed by atoms with Crippen LogP contribution in [-0.2, 0) is 14.3 Å². The molecule has 18 heavy (non-hydrogen) atoms. The highest BCUT2D eigenvalue weighted by molar-refractivity contribution is 5.79. The molecule has 1 heterocycles. The molecule has 5 nitrogen and oxygen atoms in total. The number of hydrogen-bond donors (Lipinski definition) is 1. The zero-order chi connectivity index (χ0) is 13.6. The number of methoxy groups -OCH3 is 2. The number of carbonyl (C=O) groups is 1. The van der Waals surface area contributed by atoms with Gasteiger partial charge in [0.1, 0.15) is 5.54 Å². The fourth-order valence-electron chi connectivity index (χ4n) is 2.41. The number of carbonyl (C=O) groups excluding carboxylic acids is 1. The van der Waals surface area contributed by atoms with Crippen LogP contribution in [0, 0.1) is 0 Å². The van der Waals surface area contributed by atoms with Crippen LogP contribution in [0.3, 0.4) is 0 Å². The zero-order valence-corrected chi connectivity index (χ0v) is 11.8. The van der Waals surface area contributed by atoms with Gasteiger partial charge in [0, 0.05) is 13.7 Å². The number of rotatable bonds is 6. The van der Waals surface area contributed by atoms with E-state index in [9.17, 15) is 4.79 Å². The van der Waals surface area contributed by atoms with E-state index in [0.29, 0.717) is 12.5 Å². The molecule has 106 valence electrons. The molecule has 2 atom stereocenters. The Morgan fingerprint density at radius 2 is 2.22 bits per heavy atom. The van der Waals surface area contributed by atoms with Crippen LogP contribution in [-0.4, -0.2) is 56.4 Å². The molecule has 0 radical (unpaired) electrons. The number of esters is 1. The highest BCUT2D eigenvalue weighted by Gasteiger charge is 2.29. The first-order valence-corrected chi connectivity index (χ1v) is 6.62. The van der Waals surface area contributed by atoms with Crippen LogP contribution < -0.4 is 5.73 Å². The lowest BCUT2D eigenvalue weighted by Crippen LogP contribution is -2.46. The number of nitrogens with two attached hydrogens (primary N) is 1. The summed E-state index contributed by atoms with van der Waals surface area (Å²) in [6, 6.07) is 0. The molecule has 1 saturated heterocycles. The van der Waals surface area contributed by atoms with Crippen molar-refractivity contribution in [3.8, 4) is 0 Å². The second-order valence-electron chi connectivity index (χ2n) is 5.31. The largest absolute Gasteiger partial charge is 0.468 e. The van der Waals surface area contributed by atoms with Crippen molar-refractivity contribution in [1.82, 2.24) is 4.90 Å². The van der Waals surface area contributed by atoms with Gasteiger partial charge in [0.2, 0.25) is 0 Å². The third kappa shape index (κ3) is 4.55. The summed E-state index contributed by atoms with van der Waals surface area (Å²) in [6.45, 7) is 4.78. The van der Waals surface area contributed by atoms with E-state index in [1.165, 1.54) is 13.5 Å². The van der Waals surface area contributed by atoms with Crippen LogP contribution in [0.2, 0.25) is 0 Å². The highest BCUT2D eigenvalue weighted by Crippen LogP contribution is 2.15.